The molecule has 0 bridgehead atoms. The van der Waals surface area contributed by atoms with Gasteiger partial charge in [0.1, 0.15) is 5.82 Å². The van der Waals surface area contributed by atoms with E-state index in [2.05, 4.69) is 53.4 Å². The molecule has 2 heterocycles. The van der Waals surface area contributed by atoms with Gasteiger partial charge in [-0.05, 0) is 20.0 Å². The van der Waals surface area contributed by atoms with Crippen LogP contribution in [-0.2, 0) is 0 Å². The molecular weight excluding hydrogens is 248 g/mol. The van der Waals surface area contributed by atoms with Gasteiger partial charge in [-0.1, -0.05) is 29.8 Å². The molecule has 1 saturated heterocycles. The number of aromatic nitrogens is 2. The first-order valence-electron chi connectivity index (χ1n) is 7.04. The van der Waals surface area contributed by atoms with Gasteiger partial charge < -0.3 is 10.2 Å². The molecule has 20 heavy (non-hydrogen) atoms. The Morgan fingerprint density at radius 2 is 2.00 bits per heavy atom. The van der Waals surface area contributed by atoms with E-state index >= 15 is 0 Å². The normalized spacial score (nSPS) is 20.0. The molecule has 0 spiro atoms. The zero-order valence-electron chi connectivity index (χ0n) is 12.0. The average molecular weight is 268 g/mol. The molecule has 4 heteroatoms. The number of hydrogen-bond acceptors (Lipinski definition) is 4. The number of aryl methyl sites for hydroxylation is 1. The quantitative estimate of drug-likeness (QED) is 0.905. The number of benzene rings is 1. The van der Waals surface area contributed by atoms with Crippen molar-refractivity contribution in [3.63, 3.8) is 0 Å². The van der Waals surface area contributed by atoms with Gasteiger partial charge >= 0.3 is 0 Å². The topological polar surface area (TPSA) is 41.1 Å². The fourth-order valence-electron chi connectivity index (χ4n) is 2.50. The smallest absolute Gasteiger partial charge is 0.147 e. The summed E-state index contributed by atoms with van der Waals surface area (Å²) in [6.45, 7) is 5.11. The van der Waals surface area contributed by atoms with E-state index in [0.29, 0.717) is 0 Å². The molecule has 1 atom stereocenters. The van der Waals surface area contributed by atoms with Crippen molar-refractivity contribution in [3.8, 4) is 11.3 Å². The van der Waals surface area contributed by atoms with E-state index in [1.165, 1.54) is 5.56 Å². The van der Waals surface area contributed by atoms with Crippen LogP contribution in [0, 0.1) is 6.92 Å². The summed E-state index contributed by atoms with van der Waals surface area (Å²) in [5, 5.41) is 3.49. The SMILES string of the molecule is Cc1ccc(-c2ccnc(C3CN(C)CCN3)n2)cc1. The molecule has 1 aromatic heterocycles. The zero-order valence-corrected chi connectivity index (χ0v) is 12.0. The monoisotopic (exact) mass is 268 g/mol. The molecule has 0 radical (unpaired) electrons. The van der Waals surface area contributed by atoms with Gasteiger partial charge in [-0.25, -0.2) is 9.97 Å². The minimum absolute atomic E-state index is 0.221. The van der Waals surface area contributed by atoms with E-state index in [1.807, 2.05) is 12.3 Å². The number of nitrogens with one attached hydrogen (secondary N) is 1. The van der Waals surface area contributed by atoms with Crippen LogP contribution >= 0.6 is 0 Å². The maximum absolute atomic E-state index is 4.73. The number of likely N-dealkylation sites (N-methyl/N-ethyl adjacent to an activating group) is 1. The maximum atomic E-state index is 4.73. The summed E-state index contributed by atoms with van der Waals surface area (Å²) in [7, 11) is 2.14. The lowest BCUT2D eigenvalue weighted by Crippen LogP contribution is -2.44. The highest BCUT2D eigenvalue weighted by Gasteiger charge is 2.20. The predicted molar refractivity (Wildman–Crippen MR) is 80.4 cm³/mol. The van der Waals surface area contributed by atoms with E-state index in [1.54, 1.807) is 0 Å². The lowest BCUT2D eigenvalue weighted by molar-refractivity contribution is 0.235. The average Bonchev–Trinajstić information content (AvgIpc) is 2.48. The van der Waals surface area contributed by atoms with E-state index in [9.17, 15) is 0 Å². The van der Waals surface area contributed by atoms with E-state index in [-0.39, 0.29) is 6.04 Å². The van der Waals surface area contributed by atoms with Crippen LogP contribution in [0.4, 0.5) is 0 Å². The lowest BCUT2D eigenvalue weighted by atomic mass is 10.1. The molecule has 104 valence electrons. The van der Waals surface area contributed by atoms with Crippen LogP contribution < -0.4 is 5.32 Å². The second-order valence-electron chi connectivity index (χ2n) is 5.44. The minimum Gasteiger partial charge on any atom is -0.305 e. The summed E-state index contributed by atoms with van der Waals surface area (Å²) in [4.78, 5) is 11.5. The first kappa shape index (κ1) is 13.2. The van der Waals surface area contributed by atoms with Gasteiger partial charge in [0.25, 0.3) is 0 Å². The van der Waals surface area contributed by atoms with Gasteiger partial charge in [-0.3, -0.25) is 0 Å². The second-order valence-corrected chi connectivity index (χ2v) is 5.44. The number of rotatable bonds is 2. The van der Waals surface area contributed by atoms with Gasteiger partial charge in [0.15, 0.2) is 0 Å². The molecule has 1 aliphatic rings. The molecule has 1 fully saturated rings. The molecule has 0 amide bonds. The highest BCUT2D eigenvalue weighted by Crippen LogP contribution is 2.19. The Kier molecular flexibility index (Phi) is 3.76. The summed E-state index contributed by atoms with van der Waals surface area (Å²) in [6.07, 6.45) is 1.85. The lowest BCUT2D eigenvalue weighted by Gasteiger charge is -2.29. The third kappa shape index (κ3) is 2.86. The molecule has 0 aliphatic carbocycles. The van der Waals surface area contributed by atoms with Gasteiger partial charge in [0, 0.05) is 31.4 Å². The van der Waals surface area contributed by atoms with Crippen LogP contribution in [-0.4, -0.2) is 41.5 Å². The molecule has 1 aliphatic heterocycles. The van der Waals surface area contributed by atoms with Crippen molar-refractivity contribution in [2.24, 2.45) is 0 Å². The van der Waals surface area contributed by atoms with Crippen LogP contribution in [0.25, 0.3) is 11.3 Å². The summed E-state index contributed by atoms with van der Waals surface area (Å²) in [6, 6.07) is 10.6. The van der Waals surface area contributed by atoms with Gasteiger partial charge in [-0.2, -0.15) is 0 Å². The maximum Gasteiger partial charge on any atom is 0.147 e. The van der Waals surface area contributed by atoms with Gasteiger partial charge in [-0.15, -0.1) is 0 Å². The Labute approximate surface area is 119 Å². The summed E-state index contributed by atoms with van der Waals surface area (Å²) in [5.41, 5.74) is 3.40. The van der Waals surface area contributed by atoms with Crippen molar-refractivity contribution in [1.82, 2.24) is 20.2 Å². The Hall–Kier alpha value is -1.78. The summed E-state index contributed by atoms with van der Waals surface area (Å²) in [5.74, 6) is 0.884. The Morgan fingerprint density at radius 3 is 2.75 bits per heavy atom. The predicted octanol–water partition coefficient (Wildman–Crippen LogP) is 2.03. The largest absolute Gasteiger partial charge is 0.305 e. The molecule has 3 rings (SSSR count). The Bertz CT molecular complexity index is 579. The fraction of sp³-hybridized carbons (Fsp3) is 0.375. The highest BCUT2D eigenvalue weighted by atomic mass is 15.2. The molecule has 1 N–H and O–H groups in total. The van der Waals surface area contributed by atoms with Crippen molar-refractivity contribution in [2.45, 2.75) is 13.0 Å². The molecule has 4 nitrogen and oxygen atoms in total. The third-order valence-electron chi connectivity index (χ3n) is 3.71. The summed E-state index contributed by atoms with van der Waals surface area (Å²) < 4.78 is 0. The molecule has 1 unspecified atom stereocenters. The van der Waals surface area contributed by atoms with Crippen LogP contribution in [0.15, 0.2) is 36.5 Å². The van der Waals surface area contributed by atoms with Crippen LogP contribution in [0.3, 0.4) is 0 Å². The van der Waals surface area contributed by atoms with Gasteiger partial charge in [0.05, 0.1) is 11.7 Å². The summed E-state index contributed by atoms with van der Waals surface area (Å²) >= 11 is 0. The molecule has 1 aromatic carbocycles. The van der Waals surface area contributed by atoms with Crippen molar-refractivity contribution in [3.05, 3.63) is 47.9 Å². The van der Waals surface area contributed by atoms with Crippen LogP contribution in [0.1, 0.15) is 17.4 Å². The number of piperazine rings is 1. The highest BCUT2D eigenvalue weighted by molar-refractivity contribution is 5.58. The van der Waals surface area contributed by atoms with E-state index < -0.39 is 0 Å². The number of hydrogen-bond donors (Lipinski definition) is 1. The van der Waals surface area contributed by atoms with Crippen molar-refractivity contribution in [1.29, 1.82) is 0 Å². The van der Waals surface area contributed by atoms with Crippen molar-refractivity contribution >= 4 is 0 Å². The second kappa shape index (κ2) is 5.69. The van der Waals surface area contributed by atoms with Crippen LogP contribution in [0.5, 0.6) is 0 Å². The third-order valence-corrected chi connectivity index (χ3v) is 3.71. The first-order valence-corrected chi connectivity index (χ1v) is 7.04. The number of nitrogens with zero attached hydrogens (tertiary/aromatic N) is 3. The fourth-order valence-corrected chi connectivity index (χ4v) is 2.50. The minimum atomic E-state index is 0.221. The molecule has 2 aromatic rings. The Morgan fingerprint density at radius 1 is 1.20 bits per heavy atom. The first-order chi connectivity index (χ1) is 9.72. The zero-order chi connectivity index (χ0) is 13.9. The molecule has 0 saturated carbocycles. The van der Waals surface area contributed by atoms with Gasteiger partial charge in [0.2, 0.25) is 0 Å². The Balaban J connectivity index is 1.87. The van der Waals surface area contributed by atoms with Crippen molar-refractivity contribution in [2.75, 3.05) is 26.7 Å². The van der Waals surface area contributed by atoms with Crippen molar-refractivity contribution < 1.29 is 0 Å². The van der Waals surface area contributed by atoms with Crippen LogP contribution in [0.2, 0.25) is 0 Å². The standard InChI is InChI=1S/C16H20N4/c1-12-3-5-13(6-4-12)14-7-8-18-16(19-14)15-11-20(2)10-9-17-15/h3-8,15,17H,9-11H2,1-2H3. The van der Waals surface area contributed by atoms with E-state index in [0.717, 1.165) is 36.7 Å². The van der Waals surface area contributed by atoms with E-state index in [4.69, 9.17) is 4.98 Å². The molecular formula is C16H20N4.